The van der Waals surface area contributed by atoms with Crippen LogP contribution in [0.5, 0.6) is 0 Å². The van der Waals surface area contributed by atoms with E-state index in [4.69, 9.17) is 11.6 Å². The number of rotatable bonds is 3. The van der Waals surface area contributed by atoms with E-state index < -0.39 is 47.1 Å². The van der Waals surface area contributed by atoms with Crippen LogP contribution in [0.1, 0.15) is 31.1 Å². The summed E-state index contributed by atoms with van der Waals surface area (Å²) in [5.74, 6) is -1.90. The normalized spacial score (nSPS) is 18.5. The Balaban J connectivity index is 1.61. The molecule has 1 fully saturated rings. The lowest BCUT2D eigenvalue weighted by molar-refractivity contribution is -0.140. The Labute approximate surface area is 212 Å². The molecule has 11 heteroatoms. The SMILES string of the molecule is CC(C)(C)[C@H](NC(=O)O)C(=O)N1CCN2C(=O)c3cc(-c4ccc(Cl)cc4F)ccc3NC(=O)[C@H]2C1. The third-order valence-corrected chi connectivity index (χ3v) is 6.62. The zero-order valence-corrected chi connectivity index (χ0v) is 20.7. The summed E-state index contributed by atoms with van der Waals surface area (Å²) in [6.45, 7) is 5.33. The minimum atomic E-state index is -1.33. The summed E-state index contributed by atoms with van der Waals surface area (Å²) in [5.41, 5.74) is 0.493. The van der Waals surface area contributed by atoms with Gasteiger partial charge < -0.3 is 25.5 Å². The Morgan fingerprint density at radius 3 is 2.50 bits per heavy atom. The van der Waals surface area contributed by atoms with Crippen LogP contribution < -0.4 is 10.6 Å². The van der Waals surface area contributed by atoms with Crippen LogP contribution in [-0.4, -0.2) is 70.4 Å². The van der Waals surface area contributed by atoms with Gasteiger partial charge in [-0.15, -0.1) is 0 Å². The molecule has 0 spiro atoms. The van der Waals surface area contributed by atoms with E-state index in [1.165, 1.54) is 28.0 Å². The van der Waals surface area contributed by atoms with E-state index in [0.717, 1.165) is 0 Å². The number of carbonyl (C=O) groups excluding carboxylic acids is 3. The second-order valence-electron chi connectivity index (χ2n) is 9.92. The predicted octanol–water partition coefficient (Wildman–Crippen LogP) is 3.43. The number of halogens is 2. The first-order valence-corrected chi connectivity index (χ1v) is 11.7. The van der Waals surface area contributed by atoms with Gasteiger partial charge in [0.25, 0.3) is 5.91 Å². The number of nitrogens with one attached hydrogen (secondary N) is 2. The van der Waals surface area contributed by atoms with Gasteiger partial charge in [0.1, 0.15) is 17.9 Å². The first-order chi connectivity index (χ1) is 16.9. The number of nitrogens with zero attached hydrogens (tertiary/aromatic N) is 2. The summed E-state index contributed by atoms with van der Waals surface area (Å²) in [4.78, 5) is 53.9. The molecule has 190 valence electrons. The molecule has 36 heavy (non-hydrogen) atoms. The average Bonchev–Trinajstić information content (AvgIpc) is 2.90. The Bertz CT molecular complexity index is 1260. The molecule has 3 N–H and O–H groups in total. The summed E-state index contributed by atoms with van der Waals surface area (Å²) >= 11 is 5.85. The minimum Gasteiger partial charge on any atom is -0.465 e. The number of fused-ring (bicyclic) bond motifs is 2. The van der Waals surface area contributed by atoms with Crippen molar-refractivity contribution >= 4 is 41.1 Å². The maximum absolute atomic E-state index is 14.5. The Morgan fingerprint density at radius 2 is 1.86 bits per heavy atom. The van der Waals surface area contributed by atoms with Crippen LogP contribution in [0.4, 0.5) is 14.9 Å². The molecule has 0 saturated carbocycles. The second kappa shape index (κ2) is 9.42. The molecule has 2 aromatic carbocycles. The summed E-state index contributed by atoms with van der Waals surface area (Å²) < 4.78 is 14.5. The van der Waals surface area contributed by atoms with Crippen molar-refractivity contribution in [2.24, 2.45) is 5.41 Å². The highest BCUT2D eigenvalue weighted by molar-refractivity contribution is 6.30. The Kier molecular flexibility index (Phi) is 6.66. The summed E-state index contributed by atoms with van der Waals surface area (Å²) in [6.07, 6.45) is -1.33. The molecule has 0 aliphatic carbocycles. The maximum Gasteiger partial charge on any atom is 0.405 e. The highest BCUT2D eigenvalue weighted by Crippen LogP contribution is 2.32. The quantitative estimate of drug-likeness (QED) is 0.577. The number of amides is 4. The van der Waals surface area contributed by atoms with Crippen molar-refractivity contribution in [1.29, 1.82) is 0 Å². The van der Waals surface area contributed by atoms with E-state index in [2.05, 4.69) is 10.6 Å². The van der Waals surface area contributed by atoms with Crippen LogP contribution >= 0.6 is 11.6 Å². The predicted molar refractivity (Wildman–Crippen MR) is 131 cm³/mol. The van der Waals surface area contributed by atoms with Crippen LogP contribution in [0.15, 0.2) is 36.4 Å². The monoisotopic (exact) mass is 516 g/mol. The lowest BCUT2D eigenvalue weighted by Gasteiger charge is -2.42. The molecule has 2 aromatic rings. The Hall–Kier alpha value is -3.66. The van der Waals surface area contributed by atoms with Gasteiger partial charge in [-0.1, -0.05) is 38.4 Å². The number of carbonyl (C=O) groups is 4. The fraction of sp³-hybridized carbons (Fsp3) is 0.360. The molecule has 2 aliphatic heterocycles. The molecule has 4 rings (SSSR count). The molecule has 2 atom stereocenters. The molecule has 0 aromatic heterocycles. The molecule has 4 amide bonds. The van der Waals surface area contributed by atoms with Crippen LogP contribution in [0.2, 0.25) is 5.02 Å². The zero-order valence-electron chi connectivity index (χ0n) is 20.0. The maximum atomic E-state index is 14.5. The average molecular weight is 517 g/mol. The molecule has 0 unspecified atom stereocenters. The van der Waals surface area contributed by atoms with Gasteiger partial charge in [0.05, 0.1) is 17.8 Å². The fourth-order valence-corrected chi connectivity index (χ4v) is 4.66. The number of hydrogen-bond acceptors (Lipinski definition) is 4. The van der Waals surface area contributed by atoms with Gasteiger partial charge in [-0.25, -0.2) is 9.18 Å². The third kappa shape index (κ3) is 4.86. The number of hydrogen-bond donors (Lipinski definition) is 3. The molecule has 9 nitrogen and oxygen atoms in total. The molecule has 2 heterocycles. The zero-order chi connectivity index (χ0) is 26.4. The summed E-state index contributed by atoms with van der Waals surface area (Å²) in [6, 6.07) is 6.92. The standard InChI is InChI=1S/C25H26ClFN4O5/c1-25(2,3)20(29-24(35)36)23(34)30-8-9-31-19(12-30)21(32)28-18-7-4-13(10-16(18)22(31)33)15-6-5-14(26)11-17(15)27/h4-7,10-11,19-20,29H,8-9,12H2,1-3H3,(H,28,32)(H,35,36)/t19-,20-/m1/s1. The van der Waals surface area contributed by atoms with Gasteiger partial charge in [-0.05, 0) is 41.3 Å². The summed E-state index contributed by atoms with van der Waals surface area (Å²) in [5, 5.41) is 14.5. The van der Waals surface area contributed by atoms with Crippen molar-refractivity contribution in [1.82, 2.24) is 15.1 Å². The molecular weight excluding hydrogens is 491 g/mol. The van der Waals surface area contributed by atoms with Crippen molar-refractivity contribution in [3.05, 3.63) is 52.8 Å². The third-order valence-electron chi connectivity index (χ3n) is 6.39. The number of carboxylic acid groups (broad SMARTS) is 1. The molecule has 0 radical (unpaired) electrons. The molecular formula is C25H26ClFN4O5. The molecule has 0 bridgehead atoms. The second-order valence-corrected chi connectivity index (χ2v) is 10.4. The van der Waals surface area contributed by atoms with Crippen molar-refractivity contribution in [2.75, 3.05) is 25.0 Å². The highest BCUT2D eigenvalue weighted by atomic mass is 35.5. The van der Waals surface area contributed by atoms with E-state index >= 15 is 0 Å². The van der Waals surface area contributed by atoms with E-state index in [0.29, 0.717) is 5.56 Å². The van der Waals surface area contributed by atoms with Gasteiger partial charge in [0, 0.05) is 23.7 Å². The van der Waals surface area contributed by atoms with E-state index in [-0.39, 0.29) is 41.5 Å². The molecule has 1 saturated heterocycles. The number of benzene rings is 2. The van der Waals surface area contributed by atoms with Crippen LogP contribution in [0.3, 0.4) is 0 Å². The number of anilines is 1. The van der Waals surface area contributed by atoms with E-state index in [1.54, 1.807) is 39.0 Å². The van der Waals surface area contributed by atoms with Crippen molar-refractivity contribution in [3.8, 4) is 11.1 Å². The van der Waals surface area contributed by atoms with Gasteiger partial charge in [-0.2, -0.15) is 0 Å². The fourth-order valence-electron chi connectivity index (χ4n) is 4.50. The first kappa shape index (κ1) is 25.4. The van der Waals surface area contributed by atoms with Gasteiger partial charge >= 0.3 is 6.09 Å². The topological polar surface area (TPSA) is 119 Å². The highest BCUT2D eigenvalue weighted by Gasteiger charge is 2.43. The van der Waals surface area contributed by atoms with Gasteiger partial charge in [0.2, 0.25) is 11.8 Å². The molecule has 2 aliphatic rings. The smallest absolute Gasteiger partial charge is 0.405 e. The van der Waals surface area contributed by atoms with Crippen molar-refractivity contribution in [2.45, 2.75) is 32.9 Å². The first-order valence-electron chi connectivity index (χ1n) is 11.4. The Morgan fingerprint density at radius 1 is 1.14 bits per heavy atom. The summed E-state index contributed by atoms with van der Waals surface area (Å²) in [7, 11) is 0. The van der Waals surface area contributed by atoms with Crippen LogP contribution in [-0.2, 0) is 9.59 Å². The minimum absolute atomic E-state index is 0.0750. The van der Waals surface area contributed by atoms with Gasteiger partial charge in [-0.3, -0.25) is 14.4 Å². The van der Waals surface area contributed by atoms with Crippen molar-refractivity contribution in [3.63, 3.8) is 0 Å². The largest absolute Gasteiger partial charge is 0.465 e. The number of piperazine rings is 1. The van der Waals surface area contributed by atoms with Crippen LogP contribution in [0, 0.1) is 11.2 Å². The lowest BCUT2D eigenvalue weighted by Crippen LogP contribution is -2.63. The van der Waals surface area contributed by atoms with Crippen LogP contribution in [0.25, 0.3) is 11.1 Å². The van der Waals surface area contributed by atoms with E-state index in [9.17, 15) is 28.7 Å². The van der Waals surface area contributed by atoms with Gasteiger partial charge in [0.15, 0.2) is 0 Å². The lowest BCUT2D eigenvalue weighted by atomic mass is 9.85. The van der Waals surface area contributed by atoms with Crippen molar-refractivity contribution < 1.29 is 28.7 Å². The van der Waals surface area contributed by atoms with E-state index in [1.807, 2.05) is 0 Å².